The Bertz CT molecular complexity index is 328. The van der Waals surface area contributed by atoms with Gasteiger partial charge in [-0.25, -0.2) is 0 Å². The zero-order chi connectivity index (χ0) is 12.0. The molecule has 0 aliphatic carbocycles. The predicted octanol–water partition coefficient (Wildman–Crippen LogP) is 1.73. The monoisotopic (exact) mass is 265 g/mol. The van der Waals surface area contributed by atoms with E-state index in [1.54, 1.807) is 4.68 Å². The Morgan fingerprint density at radius 3 is 2.75 bits per heavy atom. The Morgan fingerprint density at radius 2 is 2.19 bits per heavy atom. The molecule has 0 aliphatic heterocycles. The quantitative estimate of drug-likeness (QED) is 0.603. The van der Waals surface area contributed by atoms with Crippen LogP contribution in [0.5, 0.6) is 0 Å². The second-order valence-electron chi connectivity index (χ2n) is 3.45. The molecule has 0 atom stereocenters. The van der Waals surface area contributed by atoms with E-state index in [0.717, 1.165) is 23.0 Å². The van der Waals surface area contributed by atoms with Crippen LogP contribution in [0.2, 0.25) is 5.02 Å². The maximum absolute atomic E-state index is 6.10. The Balaban J connectivity index is 2.26. The third-order valence-corrected chi connectivity index (χ3v) is 2.84. The molecule has 0 fully saturated rings. The van der Waals surface area contributed by atoms with Gasteiger partial charge in [-0.15, -0.1) is 11.6 Å². The zero-order valence-corrected chi connectivity index (χ0v) is 11.1. The van der Waals surface area contributed by atoms with Gasteiger partial charge in [0.05, 0.1) is 29.6 Å². The van der Waals surface area contributed by atoms with E-state index >= 15 is 0 Å². The normalized spacial score (nSPS) is 11.0. The highest BCUT2D eigenvalue weighted by atomic mass is 35.5. The Morgan fingerprint density at radius 1 is 1.44 bits per heavy atom. The first-order chi connectivity index (χ1) is 7.66. The summed E-state index contributed by atoms with van der Waals surface area (Å²) < 4.78 is 7.03. The molecule has 1 N–H and O–H groups in total. The highest BCUT2D eigenvalue weighted by molar-refractivity contribution is 6.31. The van der Waals surface area contributed by atoms with Crippen LogP contribution in [-0.4, -0.2) is 35.4 Å². The maximum Gasteiger partial charge on any atom is 0.0860 e. The van der Waals surface area contributed by atoms with Gasteiger partial charge in [-0.05, 0) is 6.92 Å². The fourth-order valence-electron chi connectivity index (χ4n) is 1.38. The molecule has 0 saturated carbocycles. The summed E-state index contributed by atoms with van der Waals surface area (Å²) in [6.45, 7) is 4.61. The third-order valence-electron chi connectivity index (χ3n) is 2.20. The fraction of sp³-hybridized carbons (Fsp3) is 0.700. The summed E-state index contributed by atoms with van der Waals surface area (Å²) in [7, 11) is 1.89. The lowest BCUT2D eigenvalue weighted by atomic mass is 10.3. The molecule has 0 bridgehead atoms. The molecule has 0 radical (unpaired) electrons. The average molecular weight is 266 g/mol. The van der Waals surface area contributed by atoms with Gasteiger partial charge < -0.3 is 10.1 Å². The molecule has 1 aromatic rings. The van der Waals surface area contributed by atoms with Gasteiger partial charge in [0.25, 0.3) is 0 Å². The van der Waals surface area contributed by atoms with Crippen LogP contribution in [-0.2, 0) is 18.3 Å². The van der Waals surface area contributed by atoms with Crippen molar-refractivity contribution in [2.24, 2.45) is 7.05 Å². The van der Waals surface area contributed by atoms with Gasteiger partial charge in [0.1, 0.15) is 0 Å². The van der Waals surface area contributed by atoms with Gasteiger partial charge in [-0.2, -0.15) is 5.10 Å². The van der Waals surface area contributed by atoms with Crippen molar-refractivity contribution in [3.05, 3.63) is 16.4 Å². The van der Waals surface area contributed by atoms with Crippen molar-refractivity contribution in [3.63, 3.8) is 0 Å². The summed E-state index contributed by atoms with van der Waals surface area (Å²) >= 11 is 11.6. The summed E-state index contributed by atoms with van der Waals surface area (Å²) in [6.07, 6.45) is 0. The van der Waals surface area contributed by atoms with Crippen molar-refractivity contribution in [2.45, 2.75) is 13.5 Å². The van der Waals surface area contributed by atoms with E-state index in [1.807, 2.05) is 14.0 Å². The average Bonchev–Trinajstić information content (AvgIpc) is 2.49. The van der Waals surface area contributed by atoms with Crippen LogP contribution in [0.3, 0.4) is 0 Å². The number of ether oxygens (including phenoxy) is 1. The molecule has 92 valence electrons. The SMILES string of the molecule is Cc1nn(C)c(CNCCOCCCl)c1Cl. The lowest BCUT2D eigenvalue weighted by Gasteiger charge is -2.06. The van der Waals surface area contributed by atoms with Crippen molar-refractivity contribution in [2.75, 3.05) is 25.6 Å². The predicted molar refractivity (Wildman–Crippen MR) is 66.2 cm³/mol. The summed E-state index contributed by atoms with van der Waals surface area (Å²) in [4.78, 5) is 0. The van der Waals surface area contributed by atoms with Gasteiger partial charge in [0.2, 0.25) is 0 Å². The van der Waals surface area contributed by atoms with Crippen LogP contribution in [0.15, 0.2) is 0 Å². The Labute approximate surface area is 106 Å². The zero-order valence-electron chi connectivity index (χ0n) is 9.59. The highest BCUT2D eigenvalue weighted by Crippen LogP contribution is 2.18. The minimum absolute atomic E-state index is 0.534. The summed E-state index contributed by atoms with van der Waals surface area (Å²) in [5, 5.41) is 8.21. The summed E-state index contributed by atoms with van der Waals surface area (Å²) in [5.74, 6) is 0.534. The van der Waals surface area contributed by atoms with Crippen molar-refractivity contribution in [1.82, 2.24) is 15.1 Å². The molecule has 1 aromatic heterocycles. The number of rotatable bonds is 7. The lowest BCUT2D eigenvalue weighted by molar-refractivity contribution is 0.150. The van der Waals surface area contributed by atoms with Crippen LogP contribution in [0, 0.1) is 6.92 Å². The molecular weight excluding hydrogens is 249 g/mol. The van der Waals surface area contributed by atoms with Gasteiger partial charge in [-0.3, -0.25) is 4.68 Å². The number of aromatic nitrogens is 2. The first-order valence-corrected chi connectivity index (χ1v) is 6.10. The molecule has 1 rings (SSSR count). The number of nitrogens with zero attached hydrogens (tertiary/aromatic N) is 2. The van der Waals surface area contributed by atoms with E-state index < -0.39 is 0 Å². The molecule has 16 heavy (non-hydrogen) atoms. The van der Waals surface area contributed by atoms with Gasteiger partial charge in [0.15, 0.2) is 0 Å². The number of alkyl halides is 1. The minimum Gasteiger partial charge on any atom is -0.379 e. The van der Waals surface area contributed by atoms with Gasteiger partial charge in [-0.1, -0.05) is 11.6 Å². The molecule has 4 nitrogen and oxygen atoms in total. The van der Waals surface area contributed by atoms with Crippen LogP contribution >= 0.6 is 23.2 Å². The van der Waals surface area contributed by atoms with E-state index in [0.29, 0.717) is 25.6 Å². The van der Waals surface area contributed by atoms with Crippen LogP contribution in [0.25, 0.3) is 0 Å². The second-order valence-corrected chi connectivity index (χ2v) is 4.20. The molecular formula is C10H17Cl2N3O. The minimum atomic E-state index is 0.534. The maximum atomic E-state index is 6.10. The standard InChI is InChI=1S/C10H17Cl2N3O/c1-8-10(12)9(15(2)14-8)7-13-4-6-16-5-3-11/h13H,3-7H2,1-2H3. The molecule has 0 spiro atoms. The largest absolute Gasteiger partial charge is 0.379 e. The van der Waals surface area contributed by atoms with Crippen LogP contribution < -0.4 is 5.32 Å². The van der Waals surface area contributed by atoms with Gasteiger partial charge >= 0.3 is 0 Å². The summed E-state index contributed by atoms with van der Waals surface area (Å²) in [6, 6.07) is 0. The van der Waals surface area contributed by atoms with Crippen LogP contribution in [0.1, 0.15) is 11.4 Å². The van der Waals surface area contributed by atoms with Crippen LogP contribution in [0.4, 0.5) is 0 Å². The molecule has 0 aromatic carbocycles. The highest BCUT2D eigenvalue weighted by Gasteiger charge is 2.09. The molecule has 0 amide bonds. The lowest BCUT2D eigenvalue weighted by Crippen LogP contribution is -2.21. The molecule has 1 heterocycles. The number of aryl methyl sites for hydroxylation is 2. The smallest absolute Gasteiger partial charge is 0.0860 e. The van der Waals surface area contributed by atoms with E-state index in [2.05, 4.69) is 10.4 Å². The Kier molecular flexibility index (Phi) is 6.13. The fourth-order valence-corrected chi connectivity index (χ4v) is 1.72. The number of nitrogens with one attached hydrogen (secondary N) is 1. The molecule has 0 aliphatic rings. The third kappa shape index (κ3) is 3.94. The topological polar surface area (TPSA) is 39.1 Å². The first kappa shape index (κ1) is 13.8. The molecule has 0 unspecified atom stereocenters. The number of hydrogen-bond acceptors (Lipinski definition) is 3. The second kappa shape index (κ2) is 7.12. The van der Waals surface area contributed by atoms with E-state index in [-0.39, 0.29) is 0 Å². The molecule has 0 saturated heterocycles. The van der Waals surface area contributed by atoms with E-state index in [9.17, 15) is 0 Å². The van der Waals surface area contributed by atoms with Crippen molar-refractivity contribution in [1.29, 1.82) is 0 Å². The van der Waals surface area contributed by atoms with Crippen molar-refractivity contribution in [3.8, 4) is 0 Å². The van der Waals surface area contributed by atoms with Gasteiger partial charge in [0, 0.05) is 26.0 Å². The van der Waals surface area contributed by atoms with E-state index in [1.165, 1.54) is 0 Å². The Hall–Kier alpha value is -0.290. The molecule has 6 heteroatoms. The first-order valence-electron chi connectivity index (χ1n) is 5.19. The van der Waals surface area contributed by atoms with Crippen molar-refractivity contribution < 1.29 is 4.74 Å². The van der Waals surface area contributed by atoms with E-state index in [4.69, 9.17) is 27.9 Å². The van der Waals surface area contributed by atoms with Crippen molar-refractivity contribution >= 4 is 23.2 Å². The number of hydrogen-bond donors (Lipinski definition) is 1. The number of halogens is 2. The summed E-state index contributed by atoms with van der Waals surface area (Å²) in [5.41, 5.74) is 1.86.